The Balaban J connectivity index is 1.85. The number of fused-ring (bicyclic) bond motifs is 1. The van der Waals surface area contributed by atoms with E-state index in [4.69, 9.17) is 0 Å². The van der Waals surface area contributed by atoms with Crippen LogP contribution in [0.4, 0.5) is 13.2 Å². The monoisotopic (exact) mass is 311 g/mol. The molecule has 0 amide bonds. The first-order valence-corrected chi connectivity index (χ1v) is 7.00. The fourth-order valence-corrected chi connectivity index (χ4v) is 2.96. The van der Waals surface area contributed by atoms with Crippen LogP contribution in [-0.2, 0) is 19.3 Å². The van der Waals surface area contributed by atoms with E-state index in [-0.39, 0.29) is 18.5 Å². The minimum atomic E-state index is -4.49. The molecule has 4 nitrogen and oxygen atoms in total. The second kappa shape index (κ2) is 5.40. The number of aryl methyl sites for hydroxylation is 2. The molecule has 118 valence electrons. The molecule has 1 heterocycles. The Morgan fingerprint density at radius 3 is 2.82 bits per heavy atom. The van der Waals surface area contributed by atoms with Crippen LogP contribution < -0.4 is 0 Å². The molecule has 1 N–H and O–H groups in total. The zero-order valence-corrected chi connectivity index (χ0v) is 12.0. The van der Waals surface area contributed by atoms with E-state index >= 15 is 0 Å². The summed E-state index contributed by atoms with van der Waals surface area (Å²) >= 11 is 0. The third-order valence-corrected chi connectivity index (χ3v) is 4.09. The third-order valence-electron chi connectivity index (χ3n) is 4.09. The molecule has 1 unspecified atom stereocenters. The summed E-state index contributed by atoms with van der Waals surface area (Å²) in [6.07, 6.45) is -2.20. The number of halogens is 3. The maximum absolute atomic E-state index is 13.0. The van der Waals surface area contributed by atoms with Crippen LogP contribution in [-0.4, -0.2) is 19.8 Å². The summed E-state index contributed by atoms with van der Waals surface area (Å²) in [4.78, 5) is 3.71. The van der Waals surface area contributed by atoms with Gasteiger partial charge in [-0.2, -0.15) is 18.2 Å². The molecule has 1 atom stereocenters. The molecule has 1 aromatic heterocycles. The maximum Gasteiger partial charge on any atom is 0.433 e. The highest BCUT2D eigenvalue weighted by molar-refractivity contribution is 5.34. The van der Waals surface area contributed by atoms with E-state index in [0.29, 0.717) is 6.42 Å². The van der Waals surface area contributed by atoms with Gasteiger partial charge in [0.25, 0.3) is 0 Å². The molecule has 0 saturated carbocycles. The lowest BCUT2D eigenvalue weighted by Crippen LogP contribution is -2.29. The van der Waals surface area contributed by atoms with Crippen molar-refractivity contribution in [2.75, 3.05) is 0 Å². The molecule has 7 heteroatoms. The van der Waals surface area contributed by atoms with Crippen molar-refractivity contribution in [1.29, 1.82) is 0 Å². The van der Waals surface area contributed by atoms with Gasteiger partial charge in [0.15, 0.2) is 0 Å². The van der Waals surface area contributed by atoms with Gasteiger partial charge in [0.2, 0.25) is 0 Å². The van der Waals surface area contributed by atoms with E-state index in [0.717, 1.165) is 33.4 Å². The number of alkyl halides is 3. The van der Waals surface area contributed by atoms with Crippen LogP contribution in [0.3, 0.4) is 0 Å². The van der Waals surface area contributed by atoms with Gasteiger partial charge >= 0.3 is 6.18 Å². The predicted octanol–water partition coefficient (Wildman–Crippen LogP) is 3.55. The highest BCUT2D eigenvalue weighted by Crippen LogP contribution is 2.36. The van der Waals surface area contributed by atoms with E-state index in [1.165, 1.54) is 6.92 Å². The quantitative estimate of drug-likeness (QED) is 0.882. The second-order valence-corrected chi connectivity index (χ2v) is 5.45. The van der Waals surface area contributed by atoms with Gasteiger partial charge in [-0.3, -0.25) is 0 Å². The molecule has 0 aliphatic heterocycles. The zero-order chi connectivity index (χ0) is 15.9. The molecule has 22 heavy (non-hydrogen) atoms. The van der Waals surface area contributed by atoms with E-state index in [1.54, 1.807) is 0 Å². The number of hydrogen-bond donors (Lipinski definition) is 1. The molecule has 1 aromatic carbocycles. The lowest BCUT2D eigenvalue weighted by molar-refractivity contribution is -0.167. The summed E-state index contributed by atoms with van der Waals surface area (Å²) in [5, 5.41) is 11.3. The Morgan fingerprint density at radius 1 is 1.36 bits per heavy atom. The van der Waals surface area contributed by atoms with Gasteiger partial charge in [0.05, 0.1) is 12.2 Å². The molecule has 1 aliphatic carbocycles. The molecular formula is C15H16F3N3O. The number of hydrogen-bond acceptors (Lipinski definition) is 3. The first-order valence-electron chi connectivity index (χ1n) is 7.00. The van der Waals surface area contributed by atoms with Crippen molar-refractivity contribution >= 4 is 0 Å². The predicted molar refractivity (Wildman–Crippen MR) is 73.1 cm³/mol. The molecule has 0 fully saturated rings. The largest absolute Gasteiger partial charge is 0.433 e. The Bertz CT molecular complexity index is 681. The molecule has 2 aromatic rings. The Morgan fingerprint density at radius 2 is 2.09 bits per heavy atom. The fourth-order valence-electron chi connectivity index (χ4n) is 2.96. The molecule has 0 bridgehead atoms. The summed E-state index contributed by atoms with van der Waals surface area (Å²) in [5.74, 6) is 0.220. The lowest BCUT2D eigenvalue weighted by Gasteiger charge is -2.25. The lowest BCUT2D eigenvalue weighted by atomic mass is 10.1. The number of hydroxylamine groups is 2. The number of benzene rings is 1. The van der Waals surface area contributed by atoms with Gasteiger partial charge in [0, 0.05) is 0 Å². The first kappa shape index (κ1) is 15.1. The summed E-state index contributed by atoms with van der Waals surface area (Å²) in [6.45, 7) is 1.23. The van der Waals surface area contributed by atoms with Crippen LogP contribution in [0.5, 0.6) is 0 Å². The molecule has 3 rings (SSSR count). The highest BCUT2D eigenvalue weighted by atomic mass is 19.4. The van der Waals surface area contributed by atoms with Crippen LogP contribution in [0.25, 0.3) is 0 Å². The van der Waals surface area contributed by atoms with Crippen molar-refractivity contribution in [2.24, 2.45) is 0 Å². The van der Waals surface area contributed by atoms with Crippen LogP contribution in [0.15, 0.2) is 30.5 Å². The van der Waals surface area contributed by atoms with Crippen molar-refractivity contribution < 1.29 is 18.4 Å². The average Bonchev–Trinajstić information content (AvgIpc) is 3.03. The molecular weight excluding hydrogens is 295 g/mol. The fraction of sp³-hybridized carbons (Fsp3) is 0.400. The van der Waals surface area contributed by atoms with Gasteiger partial charge in [-0.15, -0.1) is 0 Å². The van der Waals surface area contributed by atoms with Crippen LogP contribution in [0.2, 0.25) is 0 Å². The number of nitrogens with zero attached hydrogens (tertiary/aromatic N) is 3. The van der Waals surface area contributed by atoms with Crippen LogP contribution in [0.1, 0.15) is 35.1 Å². The van der Waals surface area contributed by atoms with E-state index < -0.39 is 11.9 Å². The minimum absolute atomic E-state index is 0.220. The number of aromatic nitrogens is 2. The summed E-state index contributed by atoms with van der Waals surface area (Å²) < 4.78 is 39.9. The summed E-state index contributed by atoms with van der Waals surface area (Å²) in [5.41, 5.74) is 1.25. The Hall–Kier alpha value is -1.86. The summed E-state index contributed by atoms with van der Waals surface area (Å²) in [7, 11) is 0. The van der Waals surface area contributed by atoms with Crippen LogP contribution >= 0.6 is 0 Å². The molecule has 0 radical (unpaired) electrons. The van der Waals surface area contributed by atoms with E-state index in [1.807, 2.05) is 24.3 Å². The van der Waals surface area contributed by atoms with E-state index in [9.17, 15) is 18.4 Å². The molecule has 0 spiro atoms. The first-order chi connectivity index (χ1) is 10.4. The third kappa shape index (κ3) is 2.62. The summed E-state index contributed by atoms with van der Waals surface area (Å²) in [6, 6.07) is 7.38. The SMILES string of the molecule is Cc1ncc(C(F)(F)F)n1CN(O)C1CCc2ccccc21. The Labute approximate surface area is 125 Å². The van der Waals surface area contributed by atoms with Gasteiger partial charge in [-0.25, -0.2) is 4.98 Å². The van der Waals surface area contributed by atoms with Crippen molar-refractivity contribution in [3.05, 3.63) is 53.1 Å². The number of imidazole rings is 1. The van der Waals surface area contributed by atoms with Gasteiger partial charge in [0.1, 0.15) is 18.2 Å². The van der Waals surface area contributed by atoms with Crippen LogP contribution in [0, 0.1) is 6.92 Å². The Kier molecular flexibility index (Phi) is 3.70. The van der Waals surface area contributed by atoms with Gasteiger partial charge in [-0.1, -0.05) is 24.3 Å². The van der Waals surface area contributed by atoms with Crippen molar-refractivity contribution in [3.63, 3.8) is 0 Å². The average molecular weight is 311 g/mol. The van der Waals surface area contributed by atoms with Gasteiger partial charge in [-0.05, 0) is 30.9 Å². The van der Waals surface area contributed by atoms with Gasteiger partial charge < -0.3 is 9.77 Å². The molecule has 1 aliphatic rings. The zero-order valence-electron chi connectivity index (χ0n) is 12.0. The highest BCUT2D eigenvalue weighted by Gasteiger charge is 2.36. The maximum atomic E-state index is 13.0. The topological polar surface area (TPSA) is 41.3 Å². The van der Waals surface area contributed by atoms with Crippen molar-refractivity contribution in [2.45, 2.75) is 38.7 Å². The van der Waals surface area contributed by atoms with Crippen molar-refractivity contribution in [3.8, 4) is 0 Å². The smallest absolute Gasteiger partial charge is 0.312 e. The standard InChI is InChI=1S/C15H16F3N3O/c1-10-19-8-14(15(16,17)18)20(10)9-21(22)13-7-6-11-4-2-3-5-12(11)13/h2-5,8,13,22H,6-7,9H2,1H3. The normalized spacial score (nSPS) is 18.0. The van der Waals surface area contributed by atoms with E-state index in [2.05, 4.69) is 4.98 Å². The second-order valence-electron chi connectivity index (χ2n) is 5.45. The molecule has 0 saturated heterocycles. The minimum Gasteiger partial charge on any atom is -0.312 e. The number of rotatable bonds is 3. The van der Waals surface area contributed by atoms with Crippen molar-refractivity contribution in [1.82, 2.24) is 14.6 Å².